The lowest BCUT2D eigenvalue weighted by Crippen LogP contribution is -2.34. The van der Waals surface area contributed by atoms with Crippen molar-refractivity contribution in [3.05, 3.63) is 41.6 Å². The lowest BCUT2D eigenvalue weighted by molar-refractivity contribution is 0.0940. The molecular formula is C15H16N4O. The van der Waals surface area contributed by atoms with Gasteiger partial charge in [-0.15, -0.1) is 0 Å². The summed E-state index contributed by atoms with van der Waals surface area (Å²) in [7, 11) is 3.87. The third kappa shape index (κ3) is 2.11. The minimum Gasteiger partial charge on any atom is -0.362 e. The molecule has 0 saturated carbocycles. The summed E-state index contributed by atoms with van der Waals surface area (Å²) in [6, 6.07) is 9.71. The maximum atomic E-state index is 12.0. The van der Waals surface area contributed by atoms with Crippen molar-refractivity contribution in [3.8, 4) is 11.4 Å². The highest BCUT2D eigenvalue weighted by Gasteiger charge is 2.24. The highest BCUT2D eigenvalue weighted by Crippen LogP contribution is 2.26. The Kier molecular flexibility index (Phi) is 3.10. The highest BCUT2D eigenvalue weighted by molar-refractivity contribution is 5.96. The Hall–Kier alpha value is -2.43. The van der Waals surface area contributed by atoms with Crippen molar-refractivity contribution in [1.82, 2.24) is 15.3 Å². The zero-order valence-electron chi connectivity index (χ0n) is 11.6. The third-order valence-electron chi connectivity index (χ3n) is 3.32. The van der Waals surface area contributed by atoms with Crippen LogP contribution in [0.2, 0.25) is 0 Å². The number of carbonyl (C=O) groups excluding carboxylic acids is 1. The SMILES string of the molecule is CN(C)c1nc(-c2ccccc2)nc2c1CCNC2=O. The largest absolute Gasteiger partial charge is 0.362 e. The molecule has 1 aromatic heterocycles. The molecule has 2 heterocycles. The summed E-state index contributed by atoms with van der Waals surface area (Å²) in [5, 5.41) is 2.84. The van der Waals surface area contributed by atoms with Crippen LogP contribution in [0, 0.1) is 0 Å². The lowest BCUT2D eigenvalue weighted by Gasteiger charge is -2.22. The fourth-order valence-electron chi connectivity index (χ4n) is 2.36. The van der Waals surface area contributed by atoms with Crippen LogP contribution >= 0.6 is 0 Å². The molecule has 5 nitrogen and oxygen atoms in total. The lowest BCUT2D eigenvalue weighted by atomic mass is 10.1. The van der Waals surface area contributed by atoms with Crippen LogP contribution in [-0.2, 0) is 6.42 Å². The fourth-order valence-corrected chi connectivity index (χ4v) is 2.36. The highest BCUT2D eigenvalue weighted by atomic mass is 16.1. The van der Waals surface area contributed by atoms with Crippen molar-refractivity contribution in [2.75, 3.05) is 25.5 Å². The van der Waals surface area contributed by atoms with E-state index in [4.69, 9.17) is 0 Å². The van der Waals surface area contributed by atoms with E-state index < -0.39 is 0 Å². The van der Waals surface area contributed by atoms with Crippen molar-refractivity contribution < 1.29 is 4.79 Å². The van der Waals surface area contributed by atoms with Crippen LogP contribution in [0.25, 0.3) is 11.4 Å². The summed E-state index contributed by atoms with van der Waals surface area (Å²) in [5.41, 5.74) is 2.34. The van der Waals surface area contributed by atoms with Crippen LogP contribution < -0.4 is 10.2 Å². The first-order valence-electron chi connectivity index (χ1n) is 6.58. The van der Waals surface area contributed by atoms with Gasteiger partial charge in [-0.1, -0.05) is 30.3 Å². The number of hydrogen-bond donors (Lipinski definition) is 1. The second-order valence-corrected chi connectivity index (χ2v) is 4.96. The molecule has 1 aliphatic heterocycles. The molecule has 1 amide bonds. The Balaban J connectivity index is 2.21. The number of aromatic nitrogens is 2. The first-order chi connectivity index (χ1) is 9.66. The number of nitrogens with one attached hydrogen (secondary N) is 1. The minimum atomic E-state index is -0.117. The zero-order valence-corrected chi connectivity index (χ0v) is 11.6. The molecule has 3 rings (SSSR count). The molecular weight excluding hydrogens is 252 g/mol. The topological polar surface area (TPSA) is 58.1 Å². The van der Waals surface area contributed by atoms with Gasteiger partial charge in [-0.25, -0.2) is 9.97 Å². The Bertz CT molecular complexity index is 652. The van der Waals surface area contributed by atoms with Crippen molar-refractivity contribution in [2.24, 2.45) is 0 Å². The number of fused-ring (bicyclic) bond motifs is 1. The van der Waals surface area contributed by atoms with Crippen LogP contribution in [0.15, 0.2) is 30.3 Å². The van der Waals surface area contributed by atoms with E-state index in [9.17, 15) is 4.79 Å². The molecule has 0 unspecified atom stereocenters. The number of benzene rings is 1. The van der Waals surface area contributed by atoms with Crippen LogP contribution in [0.1, 0.15) is 16.1 Å². The number of carbonyl (C=O) groups is 1. The molecule has 0 bridgehead atoms. The Morgan fingerprint density at radius 2 is 1.90 bits per heavy atom. The quantitative estimate of drug-likeness (QED) is 0.896. The average molecular weight is 268 g/mol. The summed E-state index contributed by atoms with van der Waals surface area (Å²) >= 11 is 0. The number of nitrogens with zero attached hydrogens (tertiary/aromatic N) is 3. The summed E-state index contributed by atoms with van der Waals surface area (Å²) in [4.78, 5) is 23.0. The molecule has 5 heteroatoms. The molecule has 20 heavy (non-hydrogen) atoms. The second-order valence-electron chi connectivity index (χ2n) is 4.96. The zero-order chi connectivity index (χ0) is 14.1. The number of anilines is 1. The van der Waals surface area contributed by atoms with Gasteiger partial charge in [0.2, 0.25) is 0 Å². The smallest absolute Gasteiger partial charge is 0.270 e. The van der Waals surface area contributed by atoms with Gasteiger partial charge in [-0.2, -0.15) is 0 Å². The van der Waals surface area contributed by atoms with Crippen LogP contribution in [0.4, 0.5) is 5.82 Å². The van der Waals surface area contributed by atoms with Crippen molar-refractivity contribution >= 4 is 11.7 Å². The summed E-state index contributed by atoms with van der Waals surface area (Å²) in [5.74, 6) is 1.29. The predicted octanol–water partition coefficient (Wildman–Crippen LogP) is 1.50. The van der Waals surface area contributed by atoms with Gasteiger partial charge in [0.15, 0.2) is 5.82 Å². The molecule has 0 spiro atoms. The molecule has 1 aliphatic rings. The van der Waals surface area contributed by atoms with E-state index in [1.807, 2.05) is 49.3 Å². The van der Waals surface area contributed by atoms with Gasteiger partial charge >= 0.3 is 0 Å². The van der Waals surface area contributed by atoms with Crippen LogP contribution in [-0.4, -0.2) is 36.5 Å². The summed E-state index contributed by atoms with van der Waals surface area (Å²) < 4.78 is 0. The van der Waals surface area contributed by atoms with E-state index in [-0.39, 0.29) is 5.91 Å². The number of rotatable bonds is 2. The predicted molar refractivity (Wildman–Crippen MR) is 77.8 cm³/mol. The van der Waals surface area contributed by atoms with Gasteiger partial charge in [-0.3, -0.25) is 4.79 Å². The molecule has 1 aromatic carbocycles. The van der Waals surface area contributed by atoms with Crippen LogP contribution in [0.5, 0.6) is 0 Å². The normalized spacial score (nSPS) is 13.6. The van der Waals surface area contributed by atoms with Crippen LogP contribution in [0.3, 0.4) is 0 Å². The monoisotopic (exact) mass is 268 g/mol. The van der Waals surface area contributed by atoms with E-state index in [2.05, 4.69) is 15.3 Å². The first kappa shape index (κ1) is 12.6. The molecule has 0 aliphatic carbocycles. The molecule has 0 radical (unpaired) electrons. The van der Waals surface area contributed by atoms with E-state index in [0.29, 0.717) is 18.1 Å². The van der Waals surface area contributed by atoms with Gasteiger partial charge in [0.25, 0.3) is 5.91 Å². The molecule has 102 valence electrons. The number of hydrogen-bond acceptors (Lipinski definition) is 4. The van der Waals surface area contributed by atoms with E-state index in [0.717, 1.165) is 23.4 Å². The molecule has 1 N–H and O–H groups in total. The summed E-state index contributed by atoms with van der Waals surface area (Å²) in [6.45, 7) is 0.640. The second kappa shape index (κ2) is 4.92. The van der Waals surface area contributed by atoms with Crippen molar-refractivity contribution in [3.63, 3.8) is 0 Å². The van der Waals surface area contributed by atoms with Gasteiger partial charge in [-0.05, 0) is 6.42 Å². The Morgan fingerprint density at radius 1 is 1.15 bits per heavy atom. The van der Waals surface area contributed by atoms with E-state index in [1.165, 1.54) is 0 Å². The molecule has 0 saturated heterocycles. The van der Waals surface area contributed by atoms with Gasteiger partial charge in [0.05, 0.1) is 0 Å². The maximum Gasteiger partial charge on any atom is 0.270 e. The Morgan fingerprint density at radius 3 is 2.60 bits per heavy atom. The first-order valence-corrected chi connectivity index (χ1v) is 6.58. The minimum absolute atomic E-state index is 0.117. The van der Waals surface area contributed by atoms with Gasteiger partial charge in [0.1, 0.15) is 11.5 Å². The number of amides is 1. The average Bonchev–Trinajstić information content (AvgIpc) is 2.47. The van der Waals surface area contributed by atoms with Gasteiger partial charge < -0.3 is 10.2 Å². The fraction of sp³-hybridized carbons (Fsp3) is 0.267. The van der Waals surface area contributed by atoms with Gasteiger partial charge in [0, 0.05) is 31.8 Å². The standard InChI is InChI=1S/C15H16N4O/c1-19(2)14-11-8-9-16-15(20)12(11)17-13(18-14)10-6-4-3-5-7-10/h3-7H,8-9H2,1-2H3,(H,16,20). The van der Waals surface area contributed by atoms with E-state index in [1.54, 1.807) is 0 Å². The molecule has 0 atom stereocenters. The van der Waals surface area contributed by atoms with Crippen molar-refractivity contribution in [1.29, 1.82) is 0 Å². The summed E-state index contributed by atoms with van der Waals surface area (Å²) in [6.07, 6.45) is 0.768. The third-order valence-corrected chi connectivity index (χ3v) is 3.32. The molecule has 0 fully saturated rings. The van der Waals surface area contributed by atoms with Crippen molar-refractivity contribution in [2.45, 2.75) is 6.42 Å². The molecule has 2 aromatic rings. The maximum absolute atomic E-state index is 12.0. The Labute approximate surface area is 117 Å². The van der Waals surface area contributed by atoms with E-state index >= 15 is 0 Å².